The summed E-state index contributed by atoms with van der Waals surface area (Å²) in [4.78, 5) is 17.5. The zero-order valence-corrected chi connectivity index (χ0v) is 17.0. The molecule has 0 amide bonds. The van der Waals surface area contributed by atoms with Crippen LogP contribution in [0, 0.1) is 6.92 Å². The van der Waals surface area contributed by atoms with Crippen LogP contribution in [0.4, 0.5) is 5.95 Å². The monoisotopic (exact) mass is 425 g/mol. The van der Waals surface area contributed by atoms with E-state index >= 15 is 0 Å². The molecule has 0 radical (unpaired) electrons. The zero-order chi connectivity index (χ0) is 20.0. The normalized spacial score (nSPS) is 13.2. The lowest BCUT2D eigenvalue weighted by Gasteiger charge is -2.20. The van der Waals surface area contributed by atoms with E-state index in [1.807, 2.05) is 18.2 Å². The molecule has 1 aliphatic heterocycles. The van der Waals surface area contributed by atoms with Gasteiger partial charge in [-0.2, -0.15) is 9.97 Å². The van der Waals surface area contributed by atoms with Crippen LogP contribution in [0.2, 0.25) is 5.02 Å². The third-order valence-corrected chi connectivity index (χ3v) is 5.85. The number of oxazole rings is 1. The van der Waals surface area contributed by atoms with E-state index < -0.39 is 0 Å². The molecule has 3 heterocycles. The predicted molar refractivity (Wildman–Crippen MR) is 111 cm³/mol. The molecule has 0 atom stereocenters. The molecule has 29 heavy (non-hydrogen) atoms. The molecule has 4 aromatic rings. The van der Waals surface area contributed by atoms with Crippen molar-refractivity contribution in [1.29, 1.82) is 0 Å². The number of nitrogens with zero attached hydrogens (tertiary/aromatic N) is 4. The minimum atomic E-state index is 0.147. The van der Waals surface area contributed by atoms with Crippen molar-refractivity contribution in [3.63, 3.8) is 0 Å². The van der Waals surface area contributed by atoms with E-state index in [0.717, 1.165) is 33.2 Å². The topological polar surface area (TPSA) is 100.0 Å². The molecule has 2 N–H and O–H groups in total. The van der Waals surface area contributed by atoms with Gasteiger partial charge < -0.3 is 14.9 Å². The van der Waals surface area contributed by atoms with Gasteiger partial charge in [-0.1, -0.05) is 41.6 Å². The second-order valence-electron chi connectivity index (χ2n) is 6.67. The molecule has 146 valence electrons. The van der Waals surface area contributed by atoms with Gasteiger partial charge >= 0.3 is 0 Å². The molecule has 5 rings (SSSR count). The van der Waals surface area contributed by atoms with Crippen LogP contribution in [-0.4, -0.2) is 19.9 Å². The number of benzene rings is 2. The van der Waals surface area contributed by atoms with Crippen LogP contribution in [-0.2, 0) is 23.7 Å². The summed E-state index contributed by atoms with van der Waals surface area (Å²) in [6, 6.07) is 8.00. The van der Waals surface area contributed by atoms with Crippen LogP contribution in [0.5, 0.6) is 0 Å². The van der Waals surface area contributed by atoms with E-state index in [1.165, 1.54) is 11.8 Å². The Labute approximate surface area is 175 Å². The first kappa shape index (κ1) is 18.4. The van der Waals surface area contributed by atoms with Gasteiger partial charge in [-0.3, -0.25) is 0 Å². The average Bonchev–Trinajstić information content (AvgIpc) is 3.11. The highest BCUT2D eigenvalue weighted by molar-refractivity contribution is 7.98. The average molecular weight is 426 g/mol. The molecule has 7 nitrogen and oxygen atoms in total. The molecule has 0 fully saturated rings. The third-order valence-electron chi connectivity index (χ3n) is 4.67. The lowest BCUT2D eigenvalue weighted by molar-refractivity contribution is 0.103. The second-order valence-corrected chi connectivity index (χ2v) is 8.02. The Morgan fingerprint density at radius 3 is 2.83 bits per heavy atom. The fourth-order valence-electron chi connectivity index (χ4n) is 3.51. The van der Waals surface area contributed by atoms with E-state index in [9.17, 15) is 0 Å². The maximum absolute atomic E-state index is 6.65. The SMILES string of the molecule is Cc1nc(CSc2nc(N)nc(-c3c(Cl)cc4c5c(cccc35)COC4)n2)co1. The van der Waals surface area contributed by atoms with E-state index in [0.29, 0.717) is 40.9 Å². The van der Waals surface area contributed by atoms with Crippen molar-refractivity contribution in [2.75, 3.05) is 5.73 Å². The first-order chi connectivity index (χ1) is 14.1. The van der Waals surface area contributed by atoms with Crippen LogP contribution >= 0.6 is 23.4 Å². The highest BCUT2D eigenvalue weighted by Crippen LogP contribution is 2.39. The maximum atomic E-state index is 6.65. The summed E-state index contributed by atoms with van der Waals surface area (Å²) < 4.78 is 10.9. The first-order valence-electron chi connectivity index (χ1n) is 8.95. The van der Waals surface area contributed by atoms with Crippen molar-refractivity contribution in [2.24, 2.45) is 0 Å². The lowest BCUT2D eigenvalue weighted by Crippen LogP contribution is -2.06. The molecular weight excluding hydrogens is 410 g/mol. The summed E-state index contributed by atoms with van der Waals surface area (Å²) in [5, 5.41) is 3.20. The molecule has 0 saturated heterocycles. The molecule has 0 bridgehead atoms. The predicted octanol–water partition coefficient (Wildman–Crippen LogP) is 4.55. The lowest BCUT2D eigenvalue weighted by atomic mass is 9.94. The van der Waals surface area contributed by atoms with Gasteiger partial charge in [0.05, 0.1) is 23.9 Å². The van der Waals surface area contributed by atoms with Crippen LogP contribution in [0.25, 0.3) is 22.2 Å². The van der Waals surface area contributed by atoms with Gasteiger partial charge in [-0.05, 0) is 28.0 Å². The molecule has 0 unspecified atom stereocenters. The Balaban J connectivity index is 1.59. The number of thioether (sulfide) groups is 1. The van der Waals surface area contributed by atoms with Crippen molar-refractivity contribution < 1.29 is 9.15 Å². The number of nitrogens with two attached hydrogens (primary N) is 1. The van der Waals surface area contributed by atoms with Crippen molar-refractivity contribution >= 4 is 40.1 Å². The summed E-state index contributed by atoms with van der Waals surface area (Å²) in [5.74, 6) is 1.79. The van der Waals surface area contributed by atoms with Crippen LogP contribution < -0.4 is 5.73 Å². The largest absolute Gasteiger partial charge is 0.449 e. The quantitative estimate of drug-likeness (QED) is 0.475. The van der Waals surface area contributed by atoms with E-state index in [-0.39, 0.29) is 5.95 Å². The molecule has 0 saturated carbocycles. The van der Waals surface area contributed by atoms with E-state index in [1.54, 1.807) is 13.2 Å². The number of nitrogen functional groups attached to an aromatic ring is 1. The Bertz CT molecular complexity index is 1240. The fourth-order valence-corrected chi connectivity index (χ4v) is 4.54. The maximum Gasteiger partial charge on any atom is 0.224 e. The molecule has 2 aromatic heterocycles. The summed E-state index contributed by atoms with van der Waals surface area (Å²) in [6.45, 7) is 2.91. The Kier molecular flexibility index (Phi) is 4.61. The molecule has 1 aliphatic rings. The van der Waals surface area contributed by atoms with Gasteiger partial charge in [0.25, 0.3) is 0 Å². The first-order valence-corrected chi connectivity index (χ1v) is 10.3. The van der Waals surface area contributed by atoms with Crippen molar-refractivity contribution in [1.82, 2.24) is 19.9 Å². The smallest absolute Gasteiger partial charge is 0.224 e. The Morgan fingerprint density at radius 2 is 2.00 bits per heavy atom. The summed E-state index contributed by atoms with van der Waals surface area (Å²) >= 11 is 8.07. The van der Waals surface area contributed by atoms with Crippen molar-refractivity contribution in [3.8, 4) is 11.4 Å². The summed E-state index contributed by atoms with van der Waals surface area (Å²) in [7, 11) is 0. The molecule has 9 heteroatoms. The second kappa shape index (κ2) is 7.29. The highest BCUT2D eigenvalue weighted by atomic mass is 35.5. The van der Waals surface area contributed by atoms with E-state index in [2.05, 4.69) is 26.0 Å². The number of ether oxygens (including phenoxy) is 1. The minimum absolute atomic E-state index is 0.147. The Hall–Kier alpha value is -2.68. The number of anilines is 1. The fraction of sp³-hybridized carbons (Fsp3) is 0.200. The van der Waals surface area contributed by atoms with Crippen molar-refractivity contribution in [3.05, 3.63) is 58.3 Å². The van der Waals surface area contributed by atoms with Gasteiger partial charge in [0, 0.05) is 18.2 Å². The number of hydrogen-bond donors (Lipinski definition) is 1. The van der Waals surface area contributed by atoms with Gasteiger partial charge in [0.15, 0.2) is 16.9 Å². The Morgan fingerprint density at radius 1 is 1.14 bits per heavy atom. The molecule has 2 aromatic carbocycles. The van der Waals surface area contributed by atoms with Gasteiger partial charge in [0.2, 0.25) is 5.95 Å². The minimum Gasteiger partial charge on any atom is -0.449 e. The standard InChI is InChI=1S/C20H16ClN5O2S/c1-10-23-13(8-28-10)9-29-20-25-18(24-19(22)26-20)17-14-4-2-3-11-6-27-7-12(16(11)14)5-15(17)21/h2-5,8H,6-7,9H2,1H3,(H2,22,24,25,26). The summed E-state index contributed by atoms with van der Waals surface area (Å²) in [5.41, 5.74) is 9.74. The zero-order valence-electron chi connectivity index (χ0n) is 15.5. The number of hydrogen-bond acceptors (Lipinski definition) is 8. The number of halogens is 1. The highest BCUT2D eigenvalue weighted by Gasteiger charge is 2.21. The molecule has 0 aliphatic carbocycles. The van der Waals surface area contributed by atoms with Gasteiger partial charge in [-0.15, -0.1) is 0 Å². The van der Waals surface area contributed by atoms with Crippen LogP contribution in [0.3, 0.4) is 0 Å². The van der Waals surface area contributed by atoms with Crippen molar-refractivity contribution in [2.45, 2.75) is 31.0 Å². The number of aromatic nitrogens is 4. The number of rotatable bonds is 4. The van der Waals surface area contributed by atoms with Gasteiger partial charge in [0.1, 0.15) is 6.26 Å². The van der Waals surface area contributed by atoms with Gasteiger partial charge in [-0.25, -0.2) is 9.97 Å². The number of aryl methyl sites for hydroxylation is 1. The third kappa shape index (κ3) is 3.43. The molecular formula is C20H16ClN5O2S. The summed E-state index contributed by atoms with van der Waals surface area (Å²) in [6.07, 6.45) is 1.62. The van der Waals surface area contributed by atoms with Crippen LogP contribution in [0.15, 0.2) is 40.1 Å². The van der Waals surface area contributed by atoms with Crippen LogP contribution in [0.1, 0.15) is 22.7 Å². The van der Waals surface area contributed by atoms with E-state index in [4.69, 9.17) is 26.5 Å². The molecule has 0 spiro atoms.